The van der Waals surface area contributed by atoms with Gasteiger partial charge in [0.2, 0.25) is 5.91 Å². The highest BCUT2D eigenvalue weighted by atomic mass is 19.1. The molecule has 0 saturated carbocycles. The van der Waals surface area contributed by atoms with Gasteiger partial charge in [0.05, 0.1) is 30.6 Å². The van der Waals surface area contributed by atoms with Gasteiger partial charge in [0.15, 0.2) is 0 Å². The van der Waals surface area contributed by atoms with Crippen LogP contribution in [0.4, 0.5) is 10.2 Å². The number of carbonyl (C=O) groups excluding carboxylic acids is 2. The second kappa shape index (κ2) is 7.83. The summed E-state index contributed by atoms with van der Waals surface area (Å²) in [6.45, 7) is 5.37. The van der Waals surface area contributed by atoms with Crippen LogP contribution in [0.25, 0.3) is 5.65 Å². The van der Waals surface area contributed by atoms with Gasteiger partial charge in [-0.05, 0) is 12.1 Å². The molecule has 1 aliphatic heterocycles. The standard InChI is InChI=1S/C21H23FN6O4/c1-21(2,3)14-8-17-27(11-16(30)24-15-5-4-12(22)9-23-15)18-13(19(31)28(17)25-14)10-26(6-7-29)20(18)32/h4-5,8-9,29H,6-7,10-11H2,1-3H3,(H,23,24,30). The van der Waals surface area contributed by atoms with E-state index in [1.807, 2.05) is 20.8 Å². The number of nitrogens with one attached hydrogen (secondary N) is 1. The minimum absolute atomic E-state index is 0.0232. The molecule has 0 aromatic carbocycles. The lowest BCUT2D eigenvalue weighted by atomic mass is 9.93. The molecule has 32 heavy (non-hydrogen) atoms. The van der Waals surface area contributed by atoms with Crippen molar-refractivity contribution in [3.8, 4) is 0 Å². The zero-order valence-corrected chi connectivity index (χ0v) is 17.9. The predicted molar refractivity (Wildman–Crippen MR) is 113 cm³/mol. The molecule has 3 aromatic rings. The molecule has 10 nitrogen and oxygen atoms in total. The van der Waals surface area contributed by atoms with Crippen molar-refractivity contribution in [1.29, 1.82) is 0 Å². The van der Waals surface area contributed by atoms with Crippen molar-refractivity contribution in [3.63, 3.8) is 0 Å². The van der Waals surface area contributed by atoms with E-state index in [1.54, 1.807) is 6.07 Å². The summed E-state index contributed by atoms with van der Waals surface area (Å²) in [7, 11) is 0. The Morgan fingerprint density at radius 1 is 1.28 bits per heavy atom. The normalized spacial score (nSPS) is 13.7. The first-order valence-electron chi connectivity index (χ1n) is 10.1. The van der Waals surface area contributed by atoms with E-state index in [4.69, 9.17) is 0 Å². The van der Waals surface area contributed by atoms with E-state index in [-0.39, 0.29) is 48.7 Å². The largest absolute Gasteiger partial charge is 0.395 e. The molecular weight excluding hydrogens is 419 g/mol. The summed E-state index contributed by atoms with van der Waals surface area (Å²) < 4.78 is 15.8. The average Bonchev–Trinajstić information content (AvgIpc) is 3.31. The summed E-state index contributed by atoms with van der Waals surface area (Å²) in [4.78, 5) is 44.1. The van der Waals surface area contributed by atoms with Crippen molar-refractivity contribution >= 4 is 23.3 Å². The number of aromatic nitrogens is 4. The lowest BCUT2D eigenvalue weighted by molar-refractivity contribution is -0.116. The van der Waals surface area contributed by atoms with E-state index in [2.05, 4.69) is 15.4 Å². The lowest BCUT2D eigenvalue weighted by Crippen LogP contribution is -2.30. The van der Waals surface area contributed by atoms with Crippen LogP contribution in [-0.4, -0.2) is 54.1 Å². The molecule has 0 radical (unpaired) electrons. The highest BCUT2D eigenvalue weighted by molar-refractivity contribution is 5.98. The quantitative estimate of drug-likeness (QED) is 0.606. The van der Waals surface area contributed by atoms with E-state index in [1.165, 1.54) is 26.1 Å². The maximum Gasteiger partial charge on any atom is 0.280 e. The first-order chi connectivity index (χ1) is 15.1. The first kappa shape index (κ1) is 21.6. The van der Waals surface area contributed by atoms with Crippen molar-refractivity contribution in [2.24, 2.45) is 0 Å². The van der Waals surface area contributed by atoms with Crippen molar-refractivity contribution in [1.82, 2.24) is 24.1 Å². The Bertz CT molecular complexity index is 1270. The molecular formula is C21H23FN6O4. The molecule has 1 aliphatic rings. The topological polar surface area (TPSA) is 122 Å². The summed E-state index contributed by atoms with van der Waals surface area (Å²) in [6, 6.07) is 4.18. The zero-order valence-electron chi connectivity index (χ0n) is 17.9. The summed E-state index contributed by atoms with van der Waals surface area (Å²) in [5.74, 6) is -1.34. The number of aliphatic hydroxyl groups excluding tert-OH is 1. The monoisotopic (exact) mass is 442 g/mol. The Hall–Kier alpha value is -3.60. The second-order valence-electron chi connectivity index (χ2n) is 8.63. The maximum absolute atomic E-state index is 13.1. The molecule has 4 heterocycles. The number of rotatable bonds is 5. The van der Waals surface area contributed by atoms with Crippen LogP contribution < -0.4 is 10.9 Å². The molecule has 0 fully saturated rings. The number of halogens is 1. The Morgan fingerprint density at radius 3 is 2.66 bits per heavy atom. The van der Waals surface area contributed by atoms with Crippen LogP contribution in [0.5, 0.6) is 0 Å². The summed E-state index contributed by atoms with van der Waals surface area (Å²) in [6.07, 6.45) is 0.980. The molecule has 0 bridgehead atoms. The predicted octanol–water partition coefficient (Wildman–Crippen LogP) is 0.914. The van der Waals surface area contributed by atoms with Gasteiger partial charge in [-0.25, -0.2) is 9.37 Å². The van der Waals surface area contributed by atoms with E-state index in [9.17, 15) is 23.9 Å². The van der Waals surface area contributed by atoms with E-state index in [0.29, 0.717) is 11.3 Å². The third-order valence-corrected chi connectivity index (χ3v) is 5.25. The Morgan fingerprint density at radius 2 is 2.03 bits per heavy atom. The number of β-amino-alcohol motifs (C(OH)–C–C–N with tert-alkyl or cyclic N) is 1. The number of hydrogen-bond acceptors (Lipinski definition) is 6. The van der Waals surface area contributed by atoms with Crippen LogP contribution in [0.3, 0.4) is 0 Å². The van der Waals surface area contributed by atoms with Crippen LogP contribution in [0.1, 0.15) is 42.5 Å². The average molecular weight is 442 g/mol. The van der Waals surface area contributed by atoms with Crippen molar-refractivity contribution in [2.75, 3.05) is 18.5 Å². The lowest BCUT2D eigenvalue weighted by Gasteiger charge is -2.15. The fourth-order valence-corrected chi connectivity index (χ4v) is 3.62. The number of fused-ring (bicyclic) bond motifs is 2. The molecule has 3 aromatic heterocycles. The summed E-state index contributed by atoms with van der Waals surface area (Å²) in [5.41, 5.74) is 0.447. The van der Waals surface area contributed by atoms with Crippen molar-refractivity contribution < 1.29 is 19.1 Å². The van der Waals surface area contributed by atoms with Crippen LogP contribution in [0, 0.1) is 5.82 Å². The van der Waals surface area contributed by atoms with Crippen molar-refractivity contribution in [2.45, 2.75) is 39.3 Å². The molecule has 0 aliphatic carbocycles. The fourth-order valence-electron chi connectivity index (χ4n) is 3.62. The molecule has 0 saturated heterocycles. The second-order valence-corrected chi connectivity index (χ2v) is 8.63. The fraction of sp³-hybridized carbons (Fsp3) is 0.381. The molecule has 0 unspecified atom stereocenters. The van der Waals surface area contributed by atoms with Crippen LogP contribution >= 0.6 is 0 Å². The molecule has 168 valence electrons. The minimum atomic E-state index is -0.536. The Kier molecular flexibility index (Phi) is 5.29. The smallest absolute Gasteiger partial charge is 0.280 e. The highest BCUT2D eigenvalue weighted by Crippen LogP contribution is 2.26. The molecule has 2 amide bonds. The summed E-state index contributed by atoms with van der Waals surface area (Å²) in [5, 5.41) is 16.3. The SMILES string of the molecule is CC(C)(C)c1cc2n(CC(=O)Nc3ccc(F)cn3)c3c(c(=O)n2n1)CN(CCO)C3=O. The first-order valence-corrected chi connectivity index (χ1v) is 10.1. The number of amides is 2. The summed E-state index contributed by atoms with van der Waals surface area (Å²) >= 11 is 0. The van der Waals surface area contributed by atoms with Gasteiger partial charge < -0.3 is 19.9 Å². The molecule has 0 atom stereocenters. The number of nitrogens with zero attached hydrogens (tertiary/aromatic N) is 5. The highest BCUT2D eigenvalue weighted by Gasteiger charge is 2.35. The number of aliphatic hydroxyl groups is 1. The van der Waals surface area contributed by atoms with Gasteiger partial charge in [-0.1, -0.05) is 20.8 Å². The van der Waals surface area contributed by atoms with Crippen LogP contribution in [0.15, 0.2) is 29.2 Å². The molecule has 2 N–H and O–H groups in total. The maximum atomic E-state index is 13.1. The number of pyridine rings is 1. The Balaban J connectivity index is 1.82. The third-order valence-electron chi connectivity index (χ3n) is 5.25. The number of hydrogen-bond donors (Lipinski definition) is 2. The molecule has 4 rings (SSSR count). The third kappa shape index (κ3) is 3.75. The zero-order chi connectivity index (χ0) is 23.2. The van der Waals surface area contributed by atoms with Crippen LogP contribution in [0.2, 0.25) is 0 Å². The van der Waals surface area contributed by atoms with E-state index < -0.39 is 23.2 Å². The van der Waals surface area contributed by atoms with E-state index in [0.717, 1.165) is 6.20 Å². The molecule has 11 heteroatoms. The van der Waals surface area contributed by atoms with Gasteiger partial charge >= 0.3 is 0 Å². The number of carbonyl (C=O) groups is 2. The Labute approximate surface area is 182 Å². The van der Waals surface area contributed by atoms with E-state index >= 15 is 0 Å². The van der Waals surface area contributed by atoms with Gasteiger partial charge in [0.25, 0.3) is 11.5 Å². The van der Waals surface area contributed by atoms with Gasteiger partial charge in [-0.3, -0.25) is 14.4 Å². The minimum Gasteiger partial charge on any atom is -0.395 e. The van der Waals surface area contributed by atoms with Crippen molar-refractivity contribution in [3.05, 3.63) is 57.5 Å². The van der Waals surface area contributed by atoms with Crippen LogP contribution in [-0.2, 0) is 23.3 Å². The van der Waals surface area contributed by atoms with Gasteiger partial charge in [-0.15, -0.1) is 0 Å². The van der Waals surface area contributed by atoms with Gasteiger partial charge in [-0.2, -0.15) is 9.61 Å². The van der Waals surface area contributed by atoms with Gasteiger partial charge in [0.1, 0.15) is 29.5 Å². The molecule has 0 spiro atoms. The number of anilines is 1. The van der Waals surface area contributed by atoms with Gasteiger partial charge in [0, 0.05) is 18.0 Å².